The van der Waals surface area contributed by atoms with Crippen LogP contribution >= 0.6 is 11.8 Å². The summed E-state index contributed by atoms with van der Waals surface area (Å²) in [7, 11) is 1.54. The second kappa shape index (κ2) is 9.56. The fourth-order valence-electron chi connectivity index (χ4n) is 3.56. The summed E-state index contributed by atoms with van der Waals surface area (Å²) in [6.07, 6.45) is 0. The summed E-state index contributed by atoms with van der Waals surface area (Å²) >= 11 is 1.11. The summed E-state index contributed by atoms with van der Waals surface area (Å²) in [5.41, 5.74) is 1.82. The maximum atomic E-state index is 13.5. The van der Waals surface area contributed by atoms with Crippen molar-refractivity contribution in [1.29, 1.82) is 0 Å². The zero-order valence-electron chi connectivity index (χ0n) is 19.2. The number of fused-ring (bicyclic) bond motifs is 3. The Morgan fingerprint density at radius 2 is 1.91 bits per heavy atom. The summed E-state index contributed by atoms with van der Waals surface area (Å²) in [4.78, 5) is 37.6. The summed E-state index contributed by atoms with van der Waals surface area (Å²) < 4.78 is 8.69. The minimum absolute atomic E-state index is 0.0620. The Hall–Kier alpha value is -3.86. The first-order chi connectivity index (χ1) is 16.3. The number of nitrogens with one attached hydrogen (secondary N) is 2. The molecule has 0 radical (unpaired) electrons. The van der Waals surface area contributed by atoms with Gasteiger partial charge in [-0.3, -0.25) is 19.3 Å². The van der Waals surface area contributed by atoms with E-state index in [4.69, 9.17) is 4.74 Å². The molecular formula is C23H24N6O4S. The van der Waals surface area contributed by atoms with Gasteiger partial charge in [-0.05, 0) is 50.6 Å². The Kier molecular flexibility index (Phi) is 6.55. The highest BCUT2D eigenvalue weighted by atomic mass is 32.2. The number of urea groups is 1. The number of ether oxygens (including phenoxy) is 1. The third-order valence-corrected chi connectivity index (χ3v) is 5.90. The van der Waals surface area contributed by atoms with E-state index in [1.807, 2.05) is 25.1 Å². The highest BCUT2D eigenvalue weighted by Gasteiger charge is 2.21. The molecule has 176 valence electrons. The molecule has 0 bridgehead atoms. The van der Waals surface area contributed by atoms with Crippen molar-refractivity contribution < 1.29 is 14.3 Å². The van der Waals surface area contributed by atoms with Crippen LogP contribution in [0.4, 0.5) is 4.79 Å². The molecule has 0 spiro atoms. The van der Waals surface area contributed by atoms with Gasteiger partial charge >= 0.3 is 6.03 Å². The minimum Gasteiger partial charge on any atom is -0.495 e. The second-order valence-corrected chi connectivity index (χ2v) is 8.86. The third kappa shape index (κ3) is 4.46. The van der Waals surface area contributed by atoms with Gasteiger partial charge in [0.1, 0.15) is 5.75 Å². The van der Waals surface area contributed by atoms with E-state index >= 15 is 0 Å². The van der Waals surface area contributed by atoms with E-state index in [9.17, 15) is 14.4 Å². The van der Waals surface area contributed by atoms with E-state index in [0.29, 0.717) is 27.5 Å². The van der Waals surface area contributed by atoms with Gasteiger partial charge in [0.05, 0.1) is 29.5 Å². The average Bonchev–Trinajstić information content (AvgIpc) is 3.21. The van der Waals surface area contributed by atoms with Gasteiger partial charge in [-0.1, -0.05) is 30.0 Å². The number of rotatable bonds is 6. The first-order valence-electron chi connectivity index (χ1n) is 10.6. The van der Waals surface area contributed by atoms with Crippen molar-refractivity contribution in [3.63, 3.8) is 0 Å². The Morgan fingerprint density at radius 1 is 1.15 bits per heavy atom. The van der Waals surface area contributed by atoms with E-state index in [1.165, 1.54) is 11.7 Å². The lowest BCUT2D eigenvalue weighted by atomic mass is 10.2. The highest BCUT2D eigenvalue weighted by Crippen LogP contribution is 2.27. The molecule has 4 rings (SSSR count). The zero-order chi connectivity index (χ0) is 24.4. The van der Waals surface area contributed by atoms with Gasteiger partial charge in [0.15, 0.2) is 5.16 Å². The van der Waals surface area contributed by atoms with Crippen LogP contribution < -0.4 is 20.9 Å². The van der Waals surface area contributed by atoms with Crippen LogP contribution in [0.15, 0.2) is 52.4 Å². The minimum atomic E-state index is -0.558. The highest BCUT2D eigenvalue weighted by molar-refractivity contribution is 7.99. The van der Waals surface area contributed by atoms with Crippen LogP contribution in [0.25, 0.3) is 22.4 Å². The first-order valence-corrected chi connectivity index (χ1v) is 11.6. The van der Waals surface area contributed by atoms with E-state index in [2.05, 4.69) is 20.8 Å². The molecule has 0 atom stereocenters. The molecule has 2 aromatic carbocycles. The van der Waals surface area contributed by atoms with Gasteiger partial charge in [0, 0.05) is 6.04 Å². The molecule has 0 aliphatic carbocycles. The molecule has 34 heavy (non-hydrogen) atoms. The number of aryl methyl sites for hydroxylation is 1. The SMILES string of the molecule is COc1ccc(C)cc1-n1c(=O)c2ccccc2n2c(SCC(=O)NC(=O)NC(C)C)nnc12. The van der Waals surface area contributed by atoms with Gasteiger partial charge in [0.2, 0.25) is 11.7 Å². The lowest BCUT2D eigenvalue weighted by Gasteiger charge is -2.14. The fraction of sp³-hybridized carbons (Fsp3) is 0.261. The number of hydrogen-bond donors (Lipinski definition) is 2. The molecule has 0 unspecified atom stereocenters. The maximum Gasteiger partial charge on any atom is 0.321 e. The molecule has 0 saturated carbocycles. The van der Waals surface area contributed by atoms with Crippen molar-refractivity contribution in [1.82, 2.24) is 29.8 Å². The number of para-hydroxylation sites is 1. The molecule has 4 aromatic rings. The molecule has 0 fully saturated rings. The lowest BCUT2D eigenvalue weighted by molar-refractivity contribution is -0.117. The number of amides is 3. The smallest absolute Gasteiger partial charge is 0.321 e. The second-order valence-electron chi connectivity index (χ2n) is 7.92. The maximum absolute atomic E-state index is 13.5. The van der Waals surface area contributed by atoms with Crippen molar-refractivity contribution in [2.45, 2.75) is 32.0 Å². The van der Waals surface area contributed by atoms with Gasteiger partial charge in [-0.25, -0.2) is 9.36 Å². The Labute approximate surface area is 199 Å². The van der Waals surface area contributed by atoms with E-state index in [0.717, 1.165) is 17.3 Å². The van der Waals surface area contributed by atoms with Crippen LogP contribution in [0.1, 0.15) is 19.4 Å². The summed E-state index contributed by atoms with van der Waals surface area (Å²) in [6, 6.07) is 12.0. The number of nitrogens with zero attached hydrogens (tertiary/aromatic N) is 4. The number of carbonyl (C=O) groups is 2. The molecule has 11 heteroatoms. The van der Waals surface area contributed by atoms with Crippen LogP contribution in [-0.4, -0.2) is 50.0 Å². The molecule has 2 heterocycles. The van der Waals surface area contributed by atoms with Gasteiger partial charge in [-0.15, -0.1) is 10.2 Å². The molecule has 0 aliphatic rings. The summed E-state index contributed by atoms with van der Waals surface area (Å²) in [6.45, 7) is 5.52. The molecule has 0 aliphatic heterocycles. The van der Waals surface area contributed by atoms with Crippen LogP contribution in [0.5, 0.6) is 5.75 Å². The van der Waals surface area contributed by atoms with Crippen molar-refractivity contribution >= 4 is 40.4 Å². The van der Waals surface area contributed by atoms with Crippen LogP contribution in [0.2, 0.25) is 0 Å². The standard InChI is InChI=1S/C23H24N6O4S/c1-13(2)24-21(32)25-19(30)12-34-23-27-26-22-28(17-11-14(3)9-10-18(17)33-4)20(31)15-7-5-6-8-16(15)29(22)23/h5-11,13H,12H2,1-4H3,(H2,24,25,30,32). The Morgan fingerprint density at radius 3 is 2.65 bits per heavy atom. The van der Waals surface area contributed by atoms with Crippen molar-refractivity contribution in [3.05, 3.63) is 58.4 Å². The number of imide groups is 1. The quantitative estimate of drug-likeness (QED) is 0.407. The molecule has 3 amide bonds. The van der Waals surface area contributed by atoms with E-state index in [1.54, 1.807) is 42.5 Å². The van der Waals surface area contributed by atoms with Gasteiger partial charge in [-0.2, -0.15) is 0 Å². The molecule has 2 N–H and O–H groups in total. The van der Waals surface area contributed by atoms with E-state index in [-0.39, 0.29) is 23.1 Å². The number of methoxy groups -OCH3 is 1. The number of aromatic nitrogens is 4. The number of benzene rings is 2. The fourth-order valence-corrected chi connectivity index (χ4v) is 4.30. The molecular weight excluding hydrogens is 456 g/mol. The lowest BCUT2D eigenvalue weighted by Crippen LogP contribution is -2.43. The van der Waals surface area contributed by atoms with Crippen molar-refractivity contribution in [2.75, 3.05) is 12.9 Å². The zero-order valence-corrected chi connectivity index (χ0v) is 20.0. The number of thioether (sulfide) groups is 1. The number of hydrogen-bond acceptors (Lipinski definition) is 7. The van der Waals surface area contributed by atoms with Crippen LogP contribution in [-0.2, 0) is 4.79 Å². The Balaban J connectivity index is 1.81. The largest absolute Gasteiger partial charge is 0.495 e. The predicted octanol–water partition coefficient (Wildman–Crippen LogP) is 2.68. The van der Waals surface area contributed by atoms with Crippen LogP contribution in [0, 0.1) is 6.92 Å². The van der Waals surface area contributed by atoms with Crippen molar-refractivity contribution in [3.8, 4) is 11.4 Å². The van der Waals surface area contributed by atoms with Gasteiger partial charge < -0.3 is 10.1 Å². The predicted molar refractivity (Wildman–Crippen MR) is 130 cm³/mol. The third-order valence-electron chi connectivity index (χ3n) is 4.98. The van der Waals surface area contributed by atoms with Crippen LogP contribution in [0.3, 0.4) is 0 Å². The summed E-state index contributed by atoms with van der Waals surface area (Å²) in [5.74, 6) is 0.261. The van der Waals surface area contributed by atoms with Crippen molar-refractivity contribution in [2.24, 2.45) is 0 Å². The van der Waals surface area contributed by atoms with Gasteiger partial charge in [0.25, 0.3) is 5.56 Å². The monoisotopic (exact) mass is 480 g/mol. The molecule has 2 aromatic heterocycles. The topological polar surface area (TPSA) is 120 Å². The molecule has 0 saturated heterocycles. The first kappa shape index (κ1) is 23.3. The summed E-state index contributed by atoms with van der Waals surface area (Å²) in [5, 5.41) is 14.3. The average molecular weight is 481 g/mol. The molecule has 10 nitrogen and oxygen atoms in total. The van der Waals surface area contributed by atoms with E-state index < -0.39 is 11.9 Å². The Bertz CT molecular complexity index is 1460. The normalized spacial score (nSPS) is 11.2. The number of carbonyl (C=O) groups excluding carboxylic acids is 2.